The highest BCUT2D eigenvalue weighted by Crippen LogP contribution is 2.34. The number of rotatable bonds is 2. The molecule has 2 aromatic carbocycles. The number of nitrogens with zero attached hydrogens (tertiary/aromatic N) is 3. The van der Waals surface area contributed by atoms with Gasteiger partial charge in [0.15, 0.2) is 0 Å². The molecule has 168 valence electrons. The highest BCUT2D eigenvalue weighted by atomic mass is 19.1. The van der Waals surface area contributed by atoms with E-state index in [0.29, 0.717) is 33.1 Å². The molecule has 0 saturated carbocycles. The van der Waals surface area contributed by atoms with Gasteiger partial charge in [-0.2, -0.15) is 0 Å². The molecule has 0 aliphatic heterocycles. The molecule has 6 aromatic rings. The molecule has 0 atom stereocenters. The van der Waals surface area contributed by atoms with Gasteiger partial charge in [0.05, 0.1) is 23.0 Å². The van der Waals surface area contributed by atoms with Gasteiger partial charge in [0.1, 0.15) is 23.0 Å². The van der Waals surface area contributed by atoms with Crippen LogP contribution in [0, 0.1) is 25.5 Å². The van der Waals surface area contributed by atoms with Crippen LogP contribution in [-0.4, -0.2) is 19.5 Å². The lowest BCUT2D eigenvalue weighted by atomic mass is 10.1. The molecule has 0 aliphatic carbocycles. The first-order valence-electron chi connectivity index (χ1n) is 10.5. The Morgan fingerprint density at radius 3 is 2.68 bits per heavy atom. The molecular weight excluding hydrogens is 442 g/mol. The molecule has 4 heterocycles. The SMILES string of the molecule is Cc1nc2cc(F)c(Cn3c4cc(F)c(C)cc4c4c5cccnc5oc(=O)c43)cc2c(=O)[nH]1. The summed E-state index contributed by atoms with van der Waals surface area (Å²) in [4.78, 5) is 36.4. The number of fused-ring (bicyclic) bond motifs is 6. The second kappa shape index (κ2) is 7.05. The van der Waals surface area contributed by atoms with Crippen molar-refractivity contribution in [3.63, 3.8) is 0 Å². The van der Waals surface area contributed by atoms with E-state index in [-0.39, 0.29) is 34.2 Å². The van der Waals surface area contributed by atoms with Crippen molar-refractivity contribution in [3.05, 3.63) is 92.0 Å². The largest absolute Gasteiger partial charge is 0.402 e. The third-order valence-electron chi connectivity index (χ3n) is 6.09. The van der Waals surface area contributed by atoms with Crippen molar-refractivity contribution < 1.29 is 13.2 Å². The molecule has 0 radical (unpaired) electrons. The van der Waals surface area contributed by atoms with E-state index in [9.17, 15) is 14.0 Å². The number of aromatic nitrogens is 4. The summed E-state index contributed by atoms with van der Waals surface area (Å²) >= 11 is 0. The summed E-state index contributed by atoms with van der Waals surface area (Å²) in [6, 6.07) is 9.05. The van der Waals surface area contributed by atoms with Gasteiger partial charge in [0, 0.05) is 34.0 Å². The standard InChI is InChI=1S/C25H16F2N4O3/c1-11-6-16-20(9-17(11)26)31(22-21(16)14-4-3-5-28-24(14)34-25(22)33)10-13-7-15-19(8-18(13)27)29-12(2)30-23(15)32/h3-9H,10H2,1-2H3,(H,29,30,32). The molecule has 7 nitrogen and oxygen atoms in total. The van der Waals surface area contributed by atoms with E-state index in [2.05, 4.69) is 15.0 Å². The van der Waals surface area contributed by atoms with Crippen LogP contribution in [0.4, 0.5) is 8.78 Å². The summed E-state index contributed by atoms with van der Waals surface area (Å²) in [7, 11) is 0. The topological polar surface area (TPSA) is 93.8 Å². The van der Waals surface area contributed by atoms with E-state index in [1.807, 2.05) is 0 Å². The Morgan fingerprint density at radius 1 is 1.03 bits per heavy atom. The van der Waals surface area contributed by atoms with Gasteiger partial charge in [-0.25, -0.2) is 23.5 Å². The Kier molecular flexibility index (Phi) is 4.19. The molecule has 0 bridgehead atoms. The van der Waals surface area contributed by atoms with E-state index < -0.39 is 22.8 Å². The van der Waals surface area contributed by atoms with Crippen molar-refractivity contribution in [1.82, 2.24) is 19.5 Å². The fraction of sp³-hybridized carbons (Fsp3) is 0.120. The lowest BCUT2D eigenvalue weighted by molar-refractivity contribution is 0.552. The summed E-state index contributed by atoms with van der Waals surface area (Å²) < 4.78 is 36.7. The number of hydrogen-bond acceptors (Lipinski definition) is 5. The number of aryl methyl sites for hydroxylation is 2. The lowest BCUT2D eigenvalue weighted by Gasteiger charge is -2.10. The average Bonchev–Trinajstić information content (AvgIpc) is 3.09. The maximum Gasteiger partial charge on any atom is 0.362 e. The Balaban J connectivity index is 1.72. The Hall–Kier alpha value is -4.40. The molecule has 9 heteroatoms. The van der Waals surface area contributed by atoms with Gasteiger partial charge in [-0.15, -0.1) is 0 Å². The number of nitrogens with one attached hydrogen (secondary N) is 1. The van der Waals surface area contributed by atoms with Crippen LogP contribution < -0.4 is 11.2 Å². The Morgan fingerprint density at radius 2 is 1.85 bits per heavy atom. The van der Waals surface area contributed by atoms with Crippen LogP contribution in [0.15, 0.2) is 56.6 Å². The van der Waals surface area contributed by atoms with Gasteiger partial charge in [0.25, 0.3) is 5.56 Å². The first-order chi connectivity index (χ1) is 16.3. The molecule has 0 spiro atoms. The molecule has 0 fully saturated rings. The zero-order chi connectivity index (χ0) is 23.7. The van der Waals surface area contributed by atoms with Crippen LogP contribution in [0.3, 0.4) is 0 Å². The minimum absolute atomic E-state index is 0.131. The quantitative estimate of drug-likeness (QED) is 0.413. The van der Waals surface area contributed by atoms with Crippen molar-refractivity contribution in [3.8, 4) is 0 Å². The highest BCUT2D eigenvalue weighted by Gasteiger charge is 2.21. The van der Waals surface area contributed by atoms with Crippen molar-refractivity contribution in [2.45, 2.75) is 20.4 Å². The zero-order valence-corrected chi connectivity index (χ0v) is 18.1. The number of H-pyrrole nitrogens is 1. The van der Waals surface area contributed by atoms with Gasteiger partial charge in [-0.3, -0.25) is 4.79 Å². The third-order valence-corrected chi connectivity index (χ3v) is 6.09. The van der Waals surface area contributed by atoms with Crippen LogP contribution in [0.25, 0.3) is 43.8 Å². The van der Waals surface area contributed by atoms with Crippen molar-refractivity contribution in [2.24, 2.45) is 0 Å². The molecule has 34 heavy (non-hydrogen) atoms. The smallest absolute Gasteiger partial charge is 0.362 e. The maximum absolute atomic E-state index is 15.1. The molecule has 0 aliphatic rings. The Bertz CT molecular complexity index is 1940. The van der Waals surface area contributed by atoms with E-state index in [1.165, 1.54) is 29.0 Å². The van der Waals surface area contributed by atoms with E-state index in [1.54, 1.807) is 32.0 Å². The lowest BCUT2D eigenvalue weighted by Crippen LogP contribution is -2.13. The highest BCUT2D eigenvalue weighted by molar-refractivity contribution is 6.18. The summed E-state index contributed by atoms with van der Waals surface area (Å²) in [5.74, 6) is -0.686. The van der Waals surface area contributed by atoms with Gasteiger partial charge in [-0.1, -0.05) is 0 Å². The van der Waals surface area contributed by atoms with Crippen LogP contribution in [0.2, 0.25) is 0 Å². The summed E-state index contributed by atoms with van der Waals surface area (Å²) in [6.07, 6.45) is 1.51. The molecule has 0 amide bonds. The number of hydrogen-bond donors (Lipinski definition) is 1. The van der Waals surface area contributed by atoms with Crippen molar-refractivity contribution in [1.29, 1.82) is 0 Å². The minimum atomic E-state index is -0.674. The maximum atomic E-state index is 15.1. The van der Waals surface area contributed by atoms with Crippen molar-refractivity contribution >= 4 is 43.8 Å². The minimum Gasteiger partial charge on any atom is -0.402 e. The number of halogens is 2. The van der Waals surface area contributed by atoms with E-state index in [4.69, 9.17) is 4.42 Å². The van der Waals surface area contributed by atoms with Crippen LogP contribution in [-0.2, 0) is 6.54 Å². The molecule has 1 N–H and O–H groups in total. The predicted octanol–water partition coefficient (Wildman–Crippen LogP) is 4.48. The molecule has 6 rings (SSSR count). The molecule has 0 unspecified atom stereocenters. The molecule has 0 saturated heterocycles. The van der Waals surface area contributed by atoms with Crippen molar-refractivity contribution in [2.75, 3.05) is 0 Å². The normalized spacial score (nSPS) is 11.9. The number of aromatic amines is 1. The first-order valence-corrected chi connectivity index (χ1v) is 10.5. The molecule has 4 aromatic heterocycles. The summed E-state index contributed by atoms with van der Waals surface area (Å²) in [5.41, 5.74) is 0.425. The summed E-state index contributed by atoms with van der Waals surface area (Å²) in [5, 5.41) is 1.97. The number of benzene rings is 2. The predicted molar refractivity (Wildman–Crippen MR) is 124 cm³/mol. The third kappa shape index (κ3) is 2.86. The van der Waals surface area contributed by atoms with Crippen LogP contribution in [0.1, 0.15) is 17.0 Å². The summed E-state index contributed by atoms with van der Waals surface area (Å²) in [6.45, 7) is 3.11. The van der Waals surface area contributed by atoms with Gasteiger partial charge in [0.2, 0.25) is 5.71 Å². The fourth-order valence-corrected chi connectivity index (χ4v) is 4.54. The number of pyridine rings is 1. The van der Waals surface area contributed by atoms with Gasteiger partial charge >= 0.3 is 5.63 Å². The fourth-order valence-electron chi connectivity index (χ4n) is 4.54. The second-order valence-electron chi connectivity index (χ2n) is 8.29. The van der Waals surface area contributed by atoms with Crippen LogP contribution in [0.5, 0.6) is 0 Å². The first kappa shape index (κ1) is 20.2. The van der Waals surface area contributed by atoms with Gasteiger partial charge < -0.3 is 14.0 Å². The average molecular weight is 458 g/mol. The van der Waals surface area contributed by atoms with Gasteiger partial charge in [-0.05, 0) is 49.7 Å². The second-order valence-corrected chi connectivity index (χ2v) is 8.29. The van der Waals surface area contributed by atoms with Crippen LogP contribution >= 0.6 is 0 Å². The zero-order valence-electron chi connectivity index (χ0n) is 18.1. The Labute approximate surface area is 189 Å². The van der Waals surface area contributed by atoms with E-state index >= 15 is 4.39 Å². The molecular formula is C25H16F2N4O3. The monoisotopic (exact) mass is 458 g/mol. The van der Waals surface area contributed by atoms with E-state index in [0.717, 1.165) is 0 Å².